The van der Waals surface area contributed by atoms with Gasteiger partial charge in [-0.25, -0.2) is 8.42 Å². The summed E-state index contributed by atoms with van der Waals surface area (Å²) in [5.74, 6) is -0.425. The first-order valence-corrected chi connectivity index (χ1v) is 15.8. The molecule has 194 valence electrons. The first-order chi connectivity index (χ1) is 16.1. The Morgan fingerprint density at radius 3 is 2.31 bits per heavy atom. The summed E-state index contributed by atoms with van der Waals surface area (Å²) in [5.41, 5.74) is -0.194. The van der Waals surface area contributed by atoms with Crippen LogP contribution in [0.25, 0.3) is 0 Å². The van der Waals surface area contributed by atoms with Crippen molar-refractivity contribution in [2.45, 2.75) is 81.8 Å². The van der Waals surface area contributed by atoms with Gasteiger partial charge in [0.15, 0.2) is 8.32 Å². The topological polar surface area (TPSA) is 116 Å². The molecule has 0 saturated heterocycles. The van der Waals surface area contributed by atoms with Gasteiger partial charge in [-0.15, -0.1) is 6.58 Å². The molecule has 1 aromatic rings. The highest BCUT2D eigenvalue weighted by Crippen LogP contribution is 2.39. The van der Waals surface area contributed by atoms with Crippen molar-refractivity contribution in [1.29, 1.82) is 0 Å². The van der Waals surface area contributed by atoms with E-state index in [1.54, 1.807) is 12.2 Å². The summed E-state index contributed by atoms with van der Waals surface area (Å²) in [5, 5.41) is 10.9. The number of nitro benzene ring substituents is 1. The number of carbonyl (C=O) groups excluding carboxylic acids is 1. The summed E-state index contributed by atoms with van der Waals surface area (Å²) in [7, 11) is -6.24. The number of non-ortho nitro benzene ring substituents is 1. The first kappa shape index (κ1) is 28.9. The number of rotatable bonds is 9. The fraction of sp³-hybridized carbons (Fsp3) is 0.542. The van der Waals surface area contributed by atoms with Crippen LogP contribution in [0.2, 0.25) is 18.1 Å². The highest BCUT2D eigenvalue weighted by Gasteiger charge is 2.42. The number of ether oxygens (including phenoxy) is 1. The summed E-state index contributed by atoms with van der Waals surface area (Å²) < 4.78 is 40.6. The van der Waals surface area contributed by atoms with Gasteiger partial charge in [0.05, 0.1) is 15.9 Å². The first-order valence-electron chi connectivity index (χ1n) is 11.5. The number of sulfonamides is 1. The van der Waals surface area contributed by atoms with E-state index in [4.69, 9.17) is 9.16 Å². The number of nitrogens with zero attached hydrogens (tertiary/aromatic N) is 2. The van der Waals surface area contributed by atoms with E-state index < -0.39 is 41.4 Å². The molecule has 1 aliphatic carbocycles. The normalized spacial score (nSPS) is 21.4. The second kappa shape index (κ2) is 11.1. The minimum absolute atomic E-state index is 0.0272. The maximum Gasteiger partial charge on any atom is 0.303 e. The average molecular weight is 525 g/mol. The lowest BCUT2D eigenvalue weighted by Crippen LogP contribution is -2.47. The zero-order valence-electron chi connectivity index (χ0n) is 21.3. The van der Waals surface area contributed by atoms with Gasteiger partial charge in [-0.2, -0.15) is 4.31 Å². The molecule has 0 aromatic heterocycles. The Hall–Kier alpha value is -2.34. The van der Waals surface area contributed by atoms with Crippen LogP contribution in [0.3, 0.4) is 0 Å². The second-order valence-electron chi connectivity index (χ2n) is 10.2. The molecule has 9 nitrogen and oxygen atoms in total. The van der Waals surface area contributed by atoms with Gasteiger partial charge in [0.2, 0.25) is 10.0 Å². The van der Waals surface area contributed by atoms with Gasteiger partial charge in [-0.05, 0) is 42.8 Å². The quantitative estimate of drug-likeness (QED) is 0.150. The molecule has 11 heteroatoms. The average Bonchev–Trinajstić information content (AvgIpc) is 2.91. The number of esters is 1. The van der Waals surface area contributed by atoms with E-state index in [-0.39, 0.29) is 28.3 Å². The maximum absolute atomic E-state index is 13.6. The van der Waals surface area contributed by atoms with E-state index in [0.29, 0.717) is 12.8 Å². The van der Waals surface area contributed by atoms with E-state index in [1.165, 1.54) is 41.6 Å². The molecule has 1 aliphatic rings. The molecule has 0 fully saturated rings. The Balaban J connectivity index is 2.46. The second-order valence-corrected chi connectivity index (χ2v) is 16.8. The molecule has 0 amide bonds. The lowest BCUT2D eigenvalue weighted by Gasteiger charge is -2.40. The van der Waals surface area contributed by atoms with Crippen LogP contribution in [-0.2, 0) is 24.0 Å². The SMILES string of the molecule is C=CCN([C@H]1C=C[C@H](OC(C)=O)C[C@H](O[Si](C)(C)C(C)(C)C)C1)S(=O)(=O)c1ccc([N+](=O)[O-])cc1. The molecule has 3 atom stereocenters. The third-order valence-corrected chi connectivity index (χ3v) is 12.9. The van der Waals surface area contributed by atoms with Crippen LogP contribution >= 0.6 is 0 Å². The van der Waals surface area contributed by atoms with Crippen LogP contribution in [-0.4, -0.2) is 56.7 Å². The Bertz CT molecular complexity index is 1060. The monoisotopic (exact) mass is 524 g/mol. The lowest BCUT2D eigenvalue weighted by molar-refractivity contribution is -0.384. The summed E-state index contributed by atoms with van der Waals surface area (Å²) in [6, 6.07) is 4.21. The van der Waals surface area contributed by atoms with E-state index in [2.05, 4.69) is 40.4 Å². The predicted molar refractivity (Wildman–Crippen MR) is 137 cm³/mol. The van der Waals surface area contributed by atoms with Crippen LogP contribution in [0.5, 0.6) is 0 Å². The van der Waals surface area contributed by atoms with Crippen molar-refractivity contribution < 1.29 is 27.3 Å². The number of carbonyl (C=O) groups is 1. The molecule has 1 aromatic carbocycles. The molecule has 0 unspecified atom stereocenters. The van der Waals surface area contributed by atoms with Gasteiger partial charge in [0.25, 0.3) is 5.69 Å². The zero-order valence-corrected chi connectivity index (χ0v) is 23.1. The Morgan fingerprint density at radius 1 is 1.23 bits per heavy atom. The van der Waals surface area contributed by atoms with E-state index >= 15 is 0 Å². The third kappa shape index (κ3) is 7.32. The molecule has 0 saturated carbocycles. The molecule has 0 radical (unpaired) electrons. The summed E-state index contributed by atoms with van der Waals surface area (Å²) in [6.45, 7) is 15.7. The Labute approximate surface area is 209 Å². The van der Waals surface area contributed by atoms with Crippen molar-refractivity contribution in [3.8, 4) is 0 Å². The van der Waals surface area contributed by atoms with E-state index in [9.17, 15) is 23.3 Å². The van der Waals surface area contributed by atoms with Crippen LogP contribution in [0.15, 0.2) is 54.0 Å². The van der Waals surface area contributed by atoms with Crippen LogP contribution < -0.4 is 0 Å². The number of benzene rings is 1. The van der Waals surface area contributed by atoms with Gasteiger partial charge in [0, 0.05) is 38.1 Å². The predicted octanol–water partition coefficient (Wildman–Crippen LogP) is 4.81. The fourth-order valence-electron chi connectivity index (χ4n) is 3.65. The van der Waals surface area contributed by atoms with Gasteiger partial charge < -0.3 is 9.16 Å². The molecule has 35 heavy (non-hydrogen) atoms. The standard InChI is InChI=1S/C24H36N2O7SSi/c1-8-15-25(34(30,31)23-13-10-19(11-14-23)26(28)29)20-9-12-21(32-18(2)27)17-22(16-20)33-35(6,7)24(3,4)5/h8-14,20-22H,1,15-17H2,2-7H3/t20-,21-,22+/m0/s1. The molecule has 0 N–H and O–H groups in total. The van der Waals surface area contributed by atoms with Crippen LogP contribution in [0.4, 0.5) is 5.69 Å². The number of hydrogen-bond acceptors (Lipinski definition) is 7. The summed E-state index contributed by atoms with van der Waals surface area (Å²) in [6.07, 6.45) is 4.82. The fourth-order valence-corrected chi connectivity index (χ4v) is 6.60. The minimum atomic E-state index is -4.02. The van der Waals surface area contributed by atoms with E-state index in [1.807, 2.05) is 0 Å². The smallest absolute Gasteiger partial charge is 0.303 e. The number of nitro groups is 1. The lowest BCUT2D eigenvalue weighted by atomic mass is 10.1. The minimum Gasteiger partial charge on any atom is -0.458 e. The Morgan fingerprint density at radius 2 is 1.83 bits per heavy atom. The third-order valence-electron chi connectivity index (χ3n) is 6.47. The molecule has 2 rings (SSSR count). The van der Waals surface area contributed by atoms with Gasteiger partial charge in [0.1, 0.15) is 6.10 Å². The van der Waals surface area contributed by atoms with Crippen molar-refractivity contribution in [2.75, 3.05) is 6.54 Å². The largest absolute Gasteiger partial charge is 0.458 e. The highest BCUT2D eigenvalue weighted by atomic mass is 32.2. The van der Waals surface area contributed by atoms with Gasteiger partial charge in [-0.3, -0.25) is 14.9 Å². The van der Waals surface area contributed by atoms with Crippen molar-refractivity contribution in [3.63, 3.8) is 0 Å². The Kier molecular flexibility index (Phi) is 9.20. The van der Waals surface area contributed by atoms with E-state index in [0.717, 1.165) is 0 Å². The van der Waals surface area contributed by atoms with Gasteiger partial charge in [-0.1, -0.05) is 32.9 Å². The molecule has 0 bridgehead atoms. The van der Waals surface area contributed by atoms with Crippen molar-refractivity contribution in [2.24, 2.45) is 0 Å². The van der Waals surface area contributed by atoms with Crippen LogP contribution in [0.1, 0.15) is 40.5 Å². The molecular weight excluding hydrogens is 488 g/mol. The molecular formula is C24H36N2O7SSi. The summed E-state index contributed by atoms with van der Waals surface area (Å²) >= 11 is 0. The zero-order chi connectivity index (χ0) is 26.6. The van der Waals surface area contributed by atoms with Crippen LogP contribution in [0, 0.1) is 10.1 Å². The van der Waals surface area contributed by atoms with Crippen molar-refractivity contribution in [1.82, 2.24) is 4.31 Å². The highest BCUT2D eigenvalue weighted by molar-refractivity contribution is 7.89. The van der Waals surface area contributed by atoms with Gasteiger partial charge >= 0.3 is 5.97 Å². The summed E-state index contributed by atoms with van der Waals surface area (Å²) in [4.78, 5) is 22.0. The maximum atomic E-state index is 13.6. The van der Waals surface area contributed by atoms with Crippen molar-refractivity contribution in [3.05, 3.63) is 59.2 Å². The molecule has 0 spiro atoms. The molecule has 0 aliphatic heterocycles. The van der Waals surface area contributed by atoms with Crippen molar-refractivity contribution >= 4 is 30.0 Å². The molecule has 0 heterocycles. The number of hydrogen-bond donors (Lipinski definition) is 0.